The fourth-order valence-corrected chi connectivity index (χ4v) is 1.76. The van der Waals surface area contributed by atoms with Crippen molar-refractivity contribution in [3.63, 3.8) is 0 Å². The highest BCUT2D eigenvalue weighted by Gasteiger charge is 2.19. The van der Waals surface area contributed by atoms with Crippen molar-refractivity contribution in [1.29, 1.82) is 0 Å². The third-order valence-electron chi connectivity index (χ3n) is 2.87. The van der Waals surface area contributed by atoms with Crippen LogP contribution >= 0.6 is 0 Å². The Bertz CT molecular complexity index is 375. The molecule has 86 valence electrons. The van der Waals surface area contributed by atoms with Crippen LogP contribution in [0.1, 0.15) is 25.7 Å². The van der Waals surface area contributed by atoms with Crippen LogP contribution in [0.5, 0.6) is 0 Å². The maximum Gasteiger partial charge on any atom is 0.271 e. The second-order valence-corrected chi connectivity index (χ2v) is 4.32. The second-order valence-electron chi connectivity index (χ2n) is 4.32. The fraction of sp³-hybridized carbons (Fsp3) is 0.500. The van der Waals surface area contributed by atoms with Crippen molar-refractivity contribution in [2.24, 2.45) is 5.92 Å². The van der Waals surface area contributed by atoms with Crippen LogP contribution < -0.4 is 5.32 Å². The van der Waals surface area contributed by atoms with E-state index < -0.39 is 0 Å². The van der Waals surface area contributed by atoms with Gasteiger partial charge in [0.2, 0.25) is 0 Å². The number of benzene rings is 1. The fourth-order valence-electron chi connectivity index (χ4n) is 1.76. The first-order valence-electron chi connectivity index (χ1n) is 5.74. The molecule has 0 aliphatic heterocycles. The largest absolute Gasteiger partial charge is 0.385 e. The van der Waals surface area contributed by atoms with Gasteiger partial charge in [-0.05, 0) is 24.8 Å². The Balaban J connectivity index is 1.78. The zero-order valence-electron chi connectivity index (χ0n) is 9.19. The third kappa shape index (κ3) is 3.22. The summed E-state index contributed by atoms with van der Waals surface area (Å²) in [5.41, 5.74) is 0.984. The van der Waals surface area contributed by atoms with E-state index in [9.17, 15) is 10.1 Å². The summed E-state index contributed by atoms with van der Waals surface area (Å²) in [6.07, 6.45) is 5.20. The summed E-state index contributed by atoms with van der Waals surface area (Å²) in [6.45, 7) is 0.900. The van der Waals surface area contributed by atoms with E-state index in [1.54, 1.807) is 12.1 Å². The van der Waals surface area contributed by atoms with Crippen LogP contribution in [0.15, 0.2) is 24.3 Å². The molecule has 0 aromatic heterocycles. The molecule has 0 amide bonds. The average Bonchev–Trinajstić information content (AvgIpc) is 3.09. The van der Waals surface area contributed by atoms with Crippen LogP contribution in [0.2, 0.25) is 0 Å². The minimum absolute atomic E-state index is 0.146. The van der Waals surface area contributed by atoms with E-state index in [1.165, 1.54) is 25.3 Å². The lowest BCUT2D eigenvalue weighted by Crippen LogP contribution is -2.02. The molecule has 0 bridgehead atoms. The first-order chi connectivity index (χ1) is 7.75. The van der Waals surface area contributed by atoms with Crippen molar-refractivity contribution in [3.05, 3.63) is 34.4 Å². The van der Waals surface area contributed by atoms with Crippen molar-refractivity contribution in [1.82, 2.24) is 0 Å². The van der Waals surface area contributed by atoms with Crippen LogP contribution in [0.25, 0.3) is 0 Å². The Labute approximate surface area is 94.8 Å². The maximum absolute atomic E-state index is 10.6. The van der Waals surface area contributed by atoms with Gasteiger partial charge in [-0.25, -0.2) is 0 Å². The molecule has 1 aliphatic carbocycles. The van der Waals surface area contributed by atoms with Gasteiger partial charge in [0.15, 0.2) is 0 Å². The van der Waals surface area contributed by atoms with E-state index in [-0.39, 0.29) is 10.6 Å². The van der Waals surface area contributed by atoms with Crippen LogP contribution in [-0.2, 0) is 0 Å². The van der Waals surface area contributed by atoms with Crippen molar-refractivity contribution in [3.8, 4) is 0 Å². The number of nitro groups is 1. The number of hydrogen-bond acceptors (Lipinski definition) is 3. The summed E-state index contributed by atoms with van der Waals surface area (Å²) in [4.78, 5) is 10.2. The number of hydrogen-bond donors (Lipinski definition) is 1. The lowest BCUT2D eigenvalue weighted by Gasteiger charge is -2.05. The molecule has 0 unspecified atom stereocenters. The van der Waals surface area contributed by atoms with Gasteiger partial charge in [0.1, 0.15) is 0 Å². The van der Waals surface area contributed by atoms with Crippen molar-refractivity contribution < 1.29 is 4.92 Å². The molecule has 1 fully saturated rings. The maximum atomic E-state index is 10.6. The van der Waals surface area contributed by atoms with E-state index in [4.69, 9.17) is 0 Å². The quantitative estimate of drug-likeness (QED) is 0.455. The number of anilines is 1. The molecule has 0 saturated heterocycles. The number of nitro benzene ring substituents is 1. The molecular formula is C12H16N2O2. The van der Waals surface area contributed by atoms with Crippen molar-refractivity contribution in [2.45, 2.75) is 25.7 Å². The predicted octanol–water partition coefficient (Wildman–Crippen LogP) is 3.20. The molecule has 1 aromatic rings. The summed E-state index contributed by atoms with van der Waals surface area (Å²) in [5, 5.41) is 13.8. The number of nitrogens with one attached hydrogen (secondary N) is 1. The van der Waals surface area contributed by atoms with Crippen LogP contribution in [0.4, 0.5) is 11.4 Å². The Morgan fingerprint density at radius 3 is 2.94 bits per heavy atom. The van der Waals surface area contributed by atoms with E-state index in [1.807, 2.05) is 6.07 Å². The summed E-state index contributed by atoms with van der Waals surface area (Å²) >= 11 is 0. The van der Waals surface area contributed by atoms with Crippen molar-refractivity contribution in [2.75, 3.05) is 11.9 Å². The molecule has 4 heteroatoms. The van der Waals surface area contributed by atoms with Crippen LogP contribution in [0, 0.1) is 16.0 Å². The zero-order chi connectivity index (χ0) is 11.4. The van der Waals surface area contributed by atoms with Gasteiger partial charge >= 0.3 is 0 Å². The molecule has 1 saturated carbocycles. The highest BCUT2D eigenvalue weighted by molar-refractivity contribution is 5.50. The average molecular weight is 220 g/mol. The Kier molecular flexibility index (Phi) is 3.39. The van der Waals surface area contributed by atoms with Gasteiger partial charge in [0, 0.05) is 24.4 Å². The first-order valence-corrected chi connectivity index (χ1v) is 5.74. The number of non-ortho nitro benzene ring substituents is 1. The van der Waals surface area contributed by atoms with Crippen LogP contribution in [0.3, 0.4) is 0 Å². The first kappa shape index (κ1) is 10.9. The molecule has 0 atom stereocenters. The molecule has 0 heterocycles. The van der Waals surface area contributed by atoms with Gasteiger partial charge < -0.3 is 5.32 Å². The minimum Gasteiger partial charge on any atom is -0.385 e. The summed E-state index contributed by atoms with van der Waals surface area (Å²) < 4.78 is 0. The molecule has 16 heavy (non-hydrogen) atoms. The standard InChI is InChI=1S/C12H16N2O2/c15-14(16)12-5-1-4-11(9-12)13-8-2-3-10-6-7-10/h1,4-5,9-10,13H,2-3,6-8H2. The minimum atomic E-state index is -0.366. The molecule has 0 radical (unpaired) electrons. The van der Waals surface area contributed by atoms with Gasteiger partial charge in [-0.1, -0.05) is 18.9 Å². The summed E-state index contributed by atoms with van der Waals surface area (Å²) in [6, 6.07) is 6.66. The van der Waals surface area contributed by atoms with Crippen LogP contribution in [-0.4, -0.2) is 11.5 Å². The molecule has 1 aromatic carbocycles. The summed E-state index contributed by atoms with van der Waals surface area (Å²) in [7, 11) is 0. The lowest BCUT2D eigenvalue weighted by atomic mass is 10.2. The SMILES string of the molecule is O=[N+]([O-])c1cccc(NCCCC2CC2)c1. The topological polar surface area (TPSA) is 55.2 Å². The Morgan fingerprint density at radius 1 is 1.44 bits per heavy atom. The number of nitrogens with zero attached hydrogens (tertiary/aromatic N) is 1. The van der Waals surface area contributed by atoms with Gasteiger partial charge in [-0.2, -0.15) is 0 Å². The molecular weight excluding hydrogens is 204 g/mol. The van der Waals surface area contributed by atoms with E-state index >= 15 is 0 Å². The molecule has 1 N–H and O–H groups in total. The molecule has 1 aliphatic rings. The number of rotatable bonds is 6. The van der Waals surface area contributed by atoms with Gasteiger partial charge in [-0.3, -0.25) is 10.1 Å². The highest BCUT2D eigenvalue weighted by Crippen LogP contribution is 2.33. The summed E-state index contributed by atoms with van der Waals surface area (Å²) in [5.74, 6) is 0.951. The lowest BCUT2D eigenvalue weighted by molar-refractivity contribution is -0.384. The monoisotopic (exact) mass is 220 g/mol. The van der Waals surface area contributed by atoms with E-state index in [2.05, 4.69) is 5.32 Å². The van der Waals surface area contributed by atoms with Gasteiger partial charge in [0.25, 0.3) is 5.69 Å². The van der Waals surface area contributed by atoms with Gasteiger partial charge in [-0.15, -0.1) is 0 Å². The molecule has 0 spiro atoms. The Morgan fingerprint density at radius 2 is 2.25 bits per heavy atom. The molecule has 4 nitrogen and oxygen atoms in total. The highest BCUT2D eigenvalue weighted by atomic mass is 16.6. The smallest absolute Gasteiger partial charge is 0.271 e. The van der Waals surface area contributed by atoms with E-state index in [0.717, 1.165) is 24.6 Å². The third-order valence-corrected chi connectivity index (χ3v) is 2.87. The molecule has 2 rings (SSSR count). The Hall–Kier alpha value is -1.58. The zero-order valence-corrected chi connectivity index (χ0v) is 9.19. The van der Waals surface area contributed by atoms with Gasteiger partial charge in [0.05, 0.1) is 4.92 Å². The normalized spacial score (nSPS) is 14.8. The van der Waals surface area contributed by atoms with E-state index in [0.29, 0.717) is 0 Å². The second kappa shape index (κ2) is 4.96. The van der Waals surface area contributed by atoms with Crippen molar-refractivity contribution >= 4 is 11.4 Å². The predicted molar refractivity (Wildman–Crippen MR) is 63.5 cm³/mol.